The molecule has 2 heterocycles. The Hall–Kier alpha value is -2.30. The van der Waals surface area contributed by atoms with Crippen molar-refractivity contribution in [2.45, 2.75) is 38.1 Å². The Morgan fingerprint density at radius 2 is 2.00 bits per heavy atom. The molecule has 22 heavy (non-hydrogen) atoms. The maximum Gasteiger partial charge on any atom is 0.335 e. The highest BCUT2D eigenvalue weighted by Crippen LogP contribution is 2.37. The van der Waals surface area contributed by atoms with E-state index in [-0.39, 0.29) is 0 Å². The molecule has 0 bridgehead atoms. The van der Waals surface area contributed by atoms with Crippen molar-refractivity contribution < 1.29 is 9.90 Å². The van der Waals surface area contributed by atoms with Crippen LogP contribution >= 0.6 is 0 Å². The minimum absolute atomic E-state index is 0.332. The number of rotatable bonds is 2. The maximum absolute atomic E-state index is 11.3. The van der Waals surface area contributed by atoms with Crippen LogP contribution < -0.4 is 0 Å². The fraction of sp³-hybridized carbons (Fsp3) is 0.412. The minimum atomic E-state index is -0.885. The van der Waals surface area contributed by atoms with Crippen LogP contribution in [0.1, 0.15) is 48.5 Å². The lowest BCUT2D eigenvalue weighted by Gasteiger charge is -2.24. The number of hydrogen-bond donors (Lipinski definition) is 1. The van der Waals surface area contributed by atoms with Crippen molar-refractivity contribution in [2.24, 2.45) is 7.05 Å². The molecular formula is C17H19N3O2. The fourth-order valence-corrected chi connectivity index (χ4v) is 3.76. The van der Waals surface area contributed by atoms with Crippen LogP contribution in [0.25, 0.3) is 21.9 Å². The van der Waals surface area contributed by atoms with Gasteiger partial charge >= 0.3 is 5.97 Å². The van der Waals surface area contributed by atoms with Gasteiger partial charge in [-0.3, -0.25) is 4.68 Å². The van der Waals surface area contributed by atoms with Gasteiger partial charge in [0.05, 0.1) is 11.1 Å². The summed E-state index contributed by atoms with van der Waals surface area (Å²) in [5.74, 6) is -0.885. The Kier molecular flexibility index (Phi) is 2.96. The zero-order valence-corrected chi connectivity index (χ0v) is 12.6. The van der Waals surface area contributed by atoms with Crippen LogP contribution in [-0.4, -0.2) is 25.4 Å². The van der Waals surface area contributed by atoms with E-state index in [1.807, 2.05) is 24.0 Å². The molecule has 1 aliphatic rings. The predicted molar refractivity (Wildman–Crippen MR) is 85.3 cm³/mol. The van der Waals surface area contributed by atoms with Gasteiger partial charge in [0.1, 0.15) is 0 Å². The Balaban J connectivity index is 2.01. The number of fused-ring (bicyclic) bond motifs is 3. The molecule has 5 nitrogen and oxygen atoms in total. The summed E-state index contributed by atoms with van der Waals surface area (Å²) in [6.45, 7) is 0. The quantitative estimate of drug-likeness (QED) is 0.784. The van der Waals surface area contributed by atoms with E-state index < -0.39 is 5.97 Å². The number of carbonyl (C=O) groups is 1. The summed E-state index contributed by atoms with van der Waals surface area (Å²) in [5, 5.41) is 15.9. The van der Waals surface area contributed by atoms with Crippen molar-refractivity contribution >= 4 is 27.9 Å². The van der Waals surface area contributed by atoms with E-state index in [4.69, 9.17) is 0 Å². The van der Waals surface area contributed by atoms with Crippen molar-refractivity contribution in [3.63, 3.8) is 0 Å². The van der Waals surface area contributed by atoms with Gasteiger partial charge in [-0.15, -0.1) is 0 Å². The van der Waals surface area contributed by atoms with Gasteiger partial charge in [-0.25, -0.2) is 4.79 Å². The standard InChI is InChI=1S/C17H19N3O2/c1-19-10-14-13-9-11(17(21)22)7-8-15(13)20(16(14)18-19)12-5-3-2-4-6-12/h7-10,12H,2-6H2,1H3,(H,21,22). The Morgan fingerprint density at radius 1 is 1.23 bits per heavy atom. The molecular weight excluding hydrogens is 278 g/mol. The zero-order valence-electron chi connectivity index (χ0n) is 12.6. The molecule has 0 atom stereocenters. The smallest absolute Gasteiger partial charge is 0.335 e. The first-order valence-corrected chi connectivity index (χ1v) is 7.86. The number of aromatic nitrogens is 3. The molecule has 0 radical (unpaired) electrons. The van der Waals surface area contributed by atoms with Crippen molar-refractivity contribution in [2.75, 3.05) is 0 Å². The van der Waals surface area contributed by atoms with Gasteiger partial charge in [0, 0.05) is 30.1 Å². The molecule has 0 spiro atoms. The molecule has 0 saturated heterocycles. The lowest BCUT2D eigenvalue weighted by Crippen LogP contribution is -2.13. The van der Waals surface area contributed by atoms with Crippen molar-refractivity contribution in [3.05, 3.63) is 30.0 Å². The lowest BCUT2D eigenvalue weighted by molar-refractivity contribution is 0.0697. The number of hydrogen-bond acceptors (Lipinski definition) is 2. The topological polar surface area (TPSA) is 60.1 Å². The van der Waals surface area contributed by atoms with Crippen LogP contribution in [0.4, 0.5) is 0 Å². The molecule has 4 rings (SSSR count). The van der Waals surface area contributed by atoms with Crippen LogP contribution in [-0.2, 0) is 7.05 Å². The van der Waals surface area contributed by atoms with Gasteiger partial charge in [-0.05, 0) is 31.0 Å². The molecule has 0 unspecified atom stereocenters. The number of aromatic carboxylic acids is 1. The summed E-state index contributed by atoms with van der Waals surface area (Å²) in [6.07, 6.45) is 8.16. The third kappa shape index (κ3) is 1.92. The third-order valence-corrected chi connectivity index (χ3v) is 4.77. The summed E-state index contributed by atoms with van der Waals surface area (Å²) in [4.78, 5) is 11.3. The van der Waals surface area contributed by atoms with Gasteiger partial charge in [0.2, 0.25) is 0 Å². The SMILES string of the molecule is Cn1cc2c3cc(C(=O)O)ccc3n(C3CCCCC3)c2n1. The number of carboxylic acids is 1. The van der Waals surface area contributed by atoms with Crippen molar-refractivity contribution in [1.29, 1.82) is 0 Å². The van der Waals surface area contributed by atoms with Gasteiger partial charge in [0.15, 0.2) is 5.65 Å². The highest BCUT2D eigenvalue weighted by Gasteiger charge is 2.23. The largest absolute Gasteiger partial charge is 0.478 e. The Labute approximate surface area is 128 Å². The van der Waals surface area contributed by atoms with E-state index in [1.54, 1.807) is 12.1 Å². The monoisotopic (exact) mass is 297 g/mol. The van der Waals surface area contributed by atoms with E-state index >= 15 is 0 Å². The average Bonchev–Trinajstić information content (AvgIpc) is 3.02. The van der Waals surface area contributed by atoms with Crippen molar-refractivity contribution in [3.8, 4) is 0 Å². The third-order valence-electron chi connectivity index (χ3n) is 4.77. The molecule has 1 aliphatic carbocycles. The molecule has 2 aromatic heterocycles. The summed E-state index contributed by atoms with van der Waals surface area (Å²) < 4.78 is 4.15. The Morgan fingerprint density at radius 3 is 2.73 bits per heavy atom. The first-order valence-electron chi connectivity index (χ1n) is 7.86. The van der Waals surface area contributed by atoms with Gasteiger partial charge in [-0.2, -0.15) is 5.10 Å². The van der Waals surface area contributed by atoms with E-state index in [9.17, 15) is 9.90 Å². The second-order valence-corrected chi connectivity index (χ2v) is 6.24. The lowest BCUT2D eigenvalue weighted by atomic mass is 9.95. The minimum Gasteiger partial charge on any atom is -0.478 e. The predicted octanol–water partition coefficient (Wildman–Crippen LogP) is 3.73. The summed E-state index contributed by atoms with van der Waals surface area (Å²) in [5.41, 5.74) is 2.42. The number of carboxylic acid groups (broad SMARTS) is 1. The molecule has 1 aromatic carbocycles. The van der Waals surface area contributed by atoms with E-state index in [0.29, 0.717) is 11.6 Å². The first kappa shape index (κ1) is 13.4. The van der Waals surface area contributed by atoms with Crippen LogP contribution in [0, 0.1) is 0 Å². The van der Waals surface area contributed by atoms with Crippen LogP contribution in [0.15, 0.2) is 24.4 Å². The van der Waals surface area contributed by atoms with Gasteiger partial charge in [-0.1, -0.05) is 19.3 Å². The maximum atomic E-state index is 11.3. The van der Waals surface area contributed by atoms with E-state index in [2.05, 4.69) is 9.67 Å². The molecule has 0 amide bonds. The van der Waals surface area contributed by atoms with Crippen molar-refractivity contribution in [1.82, 2.24) is 14.3 Å². The van der Waals surface area contributed by atoms with E-state index in [0.717, 1.165) is 21.9 Å². The number of aryl methyl sites for hydroxylation is 1. The first-order chi connectivity index (χ1) is 10.6. The molecule has 0 aliphatic heterocycles. The number of benzene rings is 1. The highest BCUT2D eigenvalue weighted by atomic mass is 16.4. The number of nitrogens with zero attached hydrogens (tertiary/aromatic N) is 3. The summed E-state index contributed by atoms with van der Waals surface area (Å²) in [6, 6.07) is 5.89. The molecule has 1 fully saturated rings. The summed E-state index contributed by atoms with van der Waals surface area (Å²) in [7, 11) is 1.91. The molecule has 5 heteroatoms. The summed E-state index contributed by atoms with van der Waals surface area (Å²) >= 11 is 0. The molecule has 114 valence electrons. The van der Waals surface area contributed by atoms with Crippen LogP contribution in [0.2, 0.25) is 0 Å². The normalized spacial score (nSPS) is 16.6. The molecule has 3 aromatic rings. The Bertz CT molecular complexity index is 869. The van der Waals surface area contributed by atoms with Gasteiger partial charge in [0.25, 0.3) is 0 Å². The second kappa shape index (κ2) is 4.87. The van der Waals surface area contributed by atoms with Crippen LogP contribution in [0.3, 0.4) is 0 Å². The average molecular weight is 297 g/mol. The molecule has 1 N–H and O–H groups in total. The zero-order chi connectivity index (χ0) is 15.3. The van der Waals surface area contributed by atoms with Gasteiger partial charge < -0.3 is 9.67 Å². The fourth-order valence-electron chi connectivity index (χ4n) is 3.76. The molecule has 1 saturated carbocycles. The highest BCUT2D eigenvalue weighted by molar-refractivity contribution is 6.08. The van der Waals surface area contributed by atoms with E-state index in [1.165, 1.54) is 32.1 Å². The second-order valence-electron chi connectivity index (χ2n) is 6.24. The van der Waals surface area contributed by atoms with Crippen LogP contribution in [0.5, 0.6) is 0 Å².